The summed E-state index contributed by atoms with van der Waals surface area (Å²) < 4.78 is 29.6. The van der Waals surface area contributed by atoms with Gasteiger partial charge in [0.1, 0.15) is 10.7 Å². The summed E-state index contributed by atoms with van der Waals surface area (Å²) >= 11 is 6.25. The highest BCUT2D eigenvalue weighted by Crippen LogP contribution is 2.28. The van der Waals surface area contributed by atoms with Crippen LogP contribution in [-0.2, 0) is 16.6 Å². The van der Waals surface area contributed by atoms with Crippen molar-refractivity contribution in [2.75, 3.05) is 18.4 Å². The quantitative estimate of drug-likeness (QED) is 0.576. The Kier molecular flexibility index (Phi) is 6.93. The zero-order chi connectivity index (χ0) is 22.6. The van der Waals surface area contributed by atoms with Crippen LogP contribution >= 0.6 is 11.6 Å². The molecule has 0 spiro atoms. The fourth-order valence-electron chi connectivity index (χ4n) is 3.77. The standard InChI is InChI=1S/C23H25ClN4O3S/c24-20-11-10-19(16-21(20)32(30,31)27-14-6-1-2-7-15-27)23(29)26-22-12-13-25-28(22)17-18-8-4-3-5-9-18/h3-5,8-13,16H,1-2,6-7,14-15,17H2,(H,26,29). The van der Waals surface area contributed by atoms with Crippen LogP contribution in [-0.4, -0.2) is 41.5 Å². The lowest BCUT2D eigenvalue weighted by Crippen LogP contribution is -2.32. The van der Waals surface area contributed by atoms with E-state index in [1.165, 1.54) is 22.5 Å². The second-order valence-electron chi connectivity index (χ2n) is 7.78. The Morgan fingerprint density at radius 3 is 2.44 bits per heavy atom. The number of aromatic nitrogens is 2. The number of nitrogens with zero attached hydrogens (tertiary/aromatic N) is 3. The predicted molar refractivity (Wildman–Crippen MR) is 124 cm³/mol. The van der Waals surface area contributed by atoms with Crippen molar-refractivity contribution in [1.82, 2.24) is 14.1 Å². The second-order valence-corrected chi connectivity index (χ2v) is 10.1. The number of halogens is 1. The number of rotatable bonds is 6. The van der Waals surface area contributed by atoms with Gasteiger partial charge in [0.25, 0.3) is 5.91 Å². The van der Waals surface area contributed by atoms with Gasteiger partial charge in [-0.15, -0.1) is 0 Å². The topological polar surface area (TPSA) is 84.3 Å². The third-order valence-corrected chi connectivity index (χ3v) is 7.89. The summed E-state index contributed by atoms with van der Waals surface area (Å²) in [6.45, 7) is 1.43. The van der Waals surface area contributed by atoms with Crippen LogP contribution < -0.4 is 5.32 Å². The minimum Gasteiger partial charge on any atom is -0.307 e. The summed E-state index contributed by atoms with van der Waals surface area (Å²) in [5.41, 5.74) is 1.26. The third kappa shape index (κ3) is 5.03. The van der Waals surface area contributed by atoms with Gasteiger partial charge in [0.05, 0.1) is 17.8 Å². The molecule has 1 fully saturated rings. The average Bonchev–Trinajstić information content (AvgIpc) is 3.03. The molecule has 0 aliphatic carbocycles. The van der Waals surface area contributed by atoms with Crippen LogP contribution in [0.15, 0.2) is 65.7 Å². The zero-order valence-corrected chi connectivity index (χ0v) is 19.1. The van der Waals surface area contributed by atoms with Gasteiger partial charge in [0.2, 0.25) is 10.0 Å². The Morgan fingerprint density at radius 1 is 1.00 bits per heavy atom. The lowest BCUT2D eigenvalue weighted by atomic mass is 10.2. The van der Waals surface area contributed by atoms with Crippen molar-refractivity contribution in [3.05, 3.63) is 76.9 Å². The van der Waals surface area contributed by atoms with Gasteiger partial charge in [-0.05, 0) is 36.6 Å². The van der Waals surface area contributed by atoms with Crippen molar-refractivity contribution in [3.8, 4) is 0 Å². The minimum absolute atomic E-state index is 0.0356. The minimum atomic E-state index is -3.78. The Labute approximate surface area is 193 Å². The fourth-order valence-corrected chi connectivity index (χ4v) is 5.79. The highest BCUT2D eigenvalue weighted by atomic mass is 35.5. The molecule has 1 aliphatic heterocycles. The molecule has 1 amide bonds. The number of amides is 1. The maximum absolute atomic E-state index is 13.2. The molecule has 32 heavy (non-hydrogen) atoms. The van der Waals surface area contributed by atoms with E-state index in [9.17, 15) is 13.2 Å². The molecule has 0 saturated carbocycles. The van der Waals surface area contributed by atoms with E-state index in [0.717, 1.165) is 31.2 Å². The molecule has 0 unspecified atom stereocenters. The highest BCUT2D eigenvalue weighted by Gasteiger charge is 2.28. The van der Waals surface area contributed by atoms with E-state index in [2.05, 4.69) is 10.4 Å². The first-order valence-electron chi connectivity index (χ1n) is 10.6. The Hall–Kier alpha value is -2.68. The molecular formula is C23H25ClN4O3S. The smallest absolute Gasteiger partial charge is 0.256 e. The second kappa shape index (κ2) is 9.85. The van der Waals surface area contributed by atoms with E-state index in [1.54, 1.807) is 16.9 Å². The first-order valence-corrected chi connectivity index (χ1v) is 12.4. The molecule has 0 radical (unpaired) electrons. The maximum Gasteiger partial charge on any atom is 0.256 e. The van der Waals surface area contributed by atoms with Gasteiger partial charge in [-0.3, -0.25) is 4.79 Å². The summed E-state index contributed by atoms with van der Waals surface area (Å²) in [6, 6.07) is 15.8. The van der Waals surface area contributed by atoms with E-state index < -0.39 is 15.9 Å². The fraction of sp³-hybridized carbons (Fsp3) is 0.304. The van der Waals surface area contributed by atoms with Gasteiger partial charge in [-0.1, -0.05) is 54.8 Å². The molecule has 9 heteroatoms. The number of sulfonamides is 1. The molecule has 2 heterocycles. The average molecular weight is 473 g/mol. The van der Waals surface area contributed by atoms with Gasteiger partial charge in [0.15, 0.2) is 0 Å². The van der Waals surface area contributed by atoms with E-state index >= 15 is 0 Å². The Morgan fingerprint density at radius 2 is 1.72 bits per heavy atom. The van der Waals surface area contributed by atoms with Crippen molar-refractivity contribution in [3.63, 3.8) is 0 Å². The lowest BCUT2D eigenvalue weighted by Gasteiger charge is -2.21. The number of benzene rings is 2. The SMILES string of the molecule is O=C(Nc1ccnn1Cc1ccccc1)c1ccc(Cl)c(S(=O)(=O)N2CCCCCC2)c1. The van der Waals surface area contributed by atoms with Crippen LogP contribution in [0.2, 0.25) is 5.02 Å². The van der Waals surface area contributed by atoms with Gasteiger partial charge in [-0.2, -0.15) is 9.40 Å². The van der Waals surface area contributed by atoms with Gasteiger partial charge >= 0.3 is 0 Å². The molecule has 0 bridgehead atoms. The summed E-state index contributed by atoms with van der Waals surface area (Å²) in [7, 11) is -3.78. The lowest BCUT2D eigenvalue weighted by molar-refractivity contribution is 0.102. The maximum atomic E-state index is 13.2. The number of anilines is 1. The Bertz CT molecular complexity index is 1190. The monoisotopic (exact) mass is 472 g/mol. The molecule has 1 aromatic heterocycles. The summed E-state index contributed by atoms with van der Waals surface area (Å²) in [5, 5.41) is 7.21. The van der Waals surface area contributed by atoms with Crippen LogP contribution in [0, 0.1) is 0 Å². The molecule has 168 valence electrons. The molecule has 1 N–H and O–H groups in total. The molecule has 1 aliphatic rings. The molecule has 2 aromatic carbocycles. The van der Waals surface area contributed by atoms with Crippen molar-refractivity contribution in [1.29, 1.82) is 0 Å². The van der Waals surface area contributed by atoms with Gasteiger partial charge in [-0.25, -0.2) is 13.1 Å². The molecule has 4 rings (SSSR count). The van der Waals surface area contributed by atoms with Crippen LogP contribution in [0.1, 0.15) is 41.6 Å². The normalized spacial score (nSPS) is 15.3. The first-order chi connectivity index (χ1) is 15.4. The van der Waals surface area contributed by atoms with Crippen LogP contribution in [0.25, 0.3) is 0 Å². The highest BCUT2D eigenvalue weighted by molar-refractivity contribution is 7.89. The molecular weight excluding hydrogens is 448 g/mol. The van der Waals surface area contributed by atoms with Crippen molar-refractivity contribution in [2.45, 2.75) is 37.1 Å². The van der Waals surface area contributed by atoms with Crippen molar-refractivity contribution < 1.29 is 13.2 Å². The number of hydrogen-bond donors (Lipinski definition) is 1. The molecule has 1 saturated heterocycles. The molecule has 7 nitrogen and oxygen atoms in total. The van der Waals surface area contributed by atoms with Crippen LogP contribution in [0.4, 0.5) is 5.82 Å². The van der Waals surface area contributed by atoms with Gasteiger partial charge in [0, 0.05) is 24.7 Å². The number of nitrogens with one attached hydrogen (secondary N) is 1. The van der Waals surface area contributed by atoms with Crippen molar-refractivity contribution in [2.24, 2.45) is 0 Å². The summed E-state index contributed by atoms with van der Waals surface area (Å²) in [4.78, 5) is 12.9. The zero-order valence-electron chi connectivity index (χ0n) is 17.6. The summed E-state index contributed by atoms with van der Waals surface area (Å²) in [5.74, 6) is 0.0922. The van der Waals surface area contributed by atoms with Crippen LogP contribution in [0.5, 0.6) is 0 Å². The van der Waals surface area contributed by atoms with Crippen molar-refractivity contribution >= 4 is 33.3 Å². The predicted octanol–water partition coefficient (Wildman–Crippen LogP) is 4.40. The van der Waals surface area contributed by atoms with Gasteiger partial charge < -0.3 is 5.32 Å². The van der Waals surface area contributed by atoms with Crippen LogP contribution in [0.3, 0.4) is 0 Å². The van der Waals surface area contributed by atoms with E-state index in [0.29, 0.717) is 25.5 Å². The van der Waals surface area contributed by atoms with E-state index in [1.807, 2.05) is 30.3 Å². The van der Waals surface area contributed by atoms with E-state index in [4.69, 9.17) is 11.6 Å². The summed E-state index contributed by atoms with van der Waals surface area (Å²) in [6.07, 6.45) is 5.28. The molecule has 3 aromatic rings. The van der Waals surface area contributed by atoms with E-state index in [-0.39, 0.29) is 15.5 Å². The molecule has 0 atom stereocenters. The first kappa shape index (κ1) is 22.5. The largest absolute Gasteiger partial charge is 0.307 e. The number of hydrogen-bond acceptors (Lipinski definition) is 4. The number of carbonyl (C=O) groups excluding carboxylic acids is 1. The number of carbonyl (C=O) groups is 1. The Balaban J connectivity index is 1.55. The third-order valence-electron chi connectivity index (χ3n) is 5.51.